The first-order chi connectivity index (χ1) is 20.4. The molecule has 4 rings (SSSR count). The summed E-state index contributed by atoms with van der Waals surface area (Å²) in [6, 6.07) is 14.9. The van der Waals surface area contributed by atoms with Gasteiger partial charge in [-0.1, -0.05) is 71.4 Å². The molecule has 43 heavy (non-hydrogen) atoms. The van der Waals surface area contributed by atoms with Crippen molar-refractivity contribution in [1.29, 1.82) is 0 Å². The van der Waals surface area contributed by atoms with Crippen LogP contribution in [0.2, 0.25) is 15.1 Å². The fourth-order valence-corrected chi connectivity index (χ4v) is 6.92. The first kappa shape index (κ1) is 32.9. The highest BCUT2D eigenvalue weighted by Gasteiger charge is 2.34. The van der Waals surface area contributed by atoms with Crippen molar-refractivity contribution < 1.29 is 22.7 Å². The van der Waals surface area contributed by atoms with Gasteiger partial charge in [0.1, 0.15) is 18.3 Å². The monoisotopic (exact) mass is 665 g/mol. The van der Waals surface area contributed by atoms with Crippen LogP contribution < -0.4 is 14.4 Å². The van der Waals surface area contributed by atoms with Crippen molar-refractivity contribution in [3.8, 4) is 5.75 Å². The van der Waals surface area contributed by atoms with Gasteiger partial charge >= 0.3 is 0 Å². The van der Waals surface area contributed by atoms with E-state index in [-0.39, 0.29) is 39.8 Å². The van der Waals surface area contributed by atoms with E-state index in [0.29, 0.717) is 15.6 Å². The average molecular weight is 667 g/mol. The van der Waals surface area contributed by atoms with Crippen LogP contribution in [0.1, 0.15) is 43.7 Å². The van der Waals surface area contributed by atoms with E-state index < -0.39 is 28.5 Å². The van der Waals surface area contributed by atoms with Gasteiger partial charge in [-0.2, -0.15) is 0 Å². The zero-order chi connectivity index (χ0) is 31.3. The number of nitrogens with one attached hydrogen (secondary N) is 1. The minimum absolute atomic E-state index is 0.0138. The summed E-state index contributed by atoms with van der Waals surface area (Å²) in [5.74, 6) is -0.734. The molecule has 1 aliphatic carbocycles. The zero-order valence-electron chi connectivity index (χ0n) is 24.1. The van der Waals surface area contributed by atoms with E-state index >= 15 is 0 Å². The molecule has 1 unspecified atom stereocenters. The summed E-state index contributed by atoms with van der Waals surface area (Å²) in [6.45, 7) is 2.82. The number of ether oxygens (including phenoxy) is 1. The highest BCUT2D eigenvalue weighted by molar-refractivity contribution is 7.92. The van der Waals surface area contributed by atoms with Gasteiger partial charge in [0.2, 0.25) is 11.8 Å². The highest BCUT2D eigenvalue weighted by Crippen LogP contribution is 2.35. The Balaban J connectivity index is 1.75. The molecule has 230 valence electrons. The third-order valence-corrected chi connectivity index (χ3v) is 10.3. The molecule has 0 radical (unpaired) electrons. The molecule has 1 aliphatic rings. The largest absolute Gasteiger partial charge is 0.495 e. The van der Waals surface area contributed by atoms with Crippen molar-refractivity contribution in [2.45, 2.75) is 63.1 Å². The van der Waals surface area contributed by atoms with Gasteiger partial charge in [0, 0.05) is 17.6 Å². The summed E-state index contributed by atoms with van der Waals surface area (Å²) in [5, 5.41) is 3.94. The number of hydrogen-bond acceptors (Lipinski definition) is 5. The van der Waals surface area contributed by atoms with Crippen LogP contribution in [0, 0.1) is 6.92 Å². The fourth-order valence-electron chi connectivity index (χ4n) is 5.02. The summed E-state index contributed by atoms with van der Waals surface area (Å²) < 4.78 is 34.6. The zero-order valence-corrected chi connectivity index (χ0v) is 27.2. The lowest BCUT2D eigenvalue weighted by Gasteiger charge is -2.33. The Bertz CT molecular complexity index is 1580. The average Bonchev–Trinajstić information content (AvgIpc) is 3.49. The number of benzene rings is 3. The van der Waals surface area contributed by atoms with Crippen LogP contribution in [0.4, 0.5) is 5.69 Å². The second-order valence-electron chi connectivity index (χ2n) is 10.6. The van der Waals surface area contributed by atoms with E-state index in [1.54, 1.807) is 43.3 Å². The summed E-state index contributed by atoms with van der Waals surface area (Å²) in [5.41, 5.74) is 1.58. The summed E-state index contributed by atoms with van der Waals surface area (Å²) in [7, 11) is -2.89. The van der Waals surface area contributed by atoms with E-state index in [4.69, 9.17) is 39.5 Å². The number of methoxy groups -OCH3 is 1. The molecule has 3 aromatic carbocycles. The van der Waals surface area contributed by atoms with Gasteiger partial charge in [0.25, 0.3) is 10.0 Å². The van der Waals surface area contributed by atoms with Gasteiger partial charge in [0.15, 0.2) is 0 Å². The molecule has 0 spiro atoms. The molecule has 12 heteroatoms. The molecule has 0 heterocycles. The SMILES string of the molecule is COc1ccc(Cl)cc1N(CC(=O)N(Cc1ccc(Cl)c(Cl)c1)C(C)C(=O)NC1CCCC1)S(=O)(=O)c1ccc(C)cc1. The van der Waals surface area contributed by atoms with Crippen molar-refractivity contribution in [1.82, 2.24) is 10.2 Å². The van der Waals surface area contributed by atoms with Gasteiger partial charge in [-0.25, -0.2) is 8.42 Å². The second kappa shape index (κ2) is 14.2. The minimum Gasteiger partial charge on any atom is -0.495 e. The molecule has 0 bridgehead atoms. The minimum atomic E-state index is -4.29. The van der Waals surface area contributed by atoms with Crippen LogP contribution in [0.15, 0.2) is 65.6 Å². The maximum atomic E-state index is 14.2. The van der Waals surface area contributed by atoms with Gasteiger partial charge in [-0.15, -0.1) is 0 Å². The number of nitrogens with zero attached hydrogens (tertiary/aromatic N) is 2. The Morgan fingerprint density at radius 2 is 1.65 bits per heavy atom. The molecule has 0 aliphatic heterocycles. The van der Waals surface area contributed by atoms with Gasteiger partial charge in [0.05, 0.1) is 27.7 Å². The molecule has 1 saturated carbocycles. The summed E-state index contributed by atoms with van der Waals surface area (Å²) in [4.78, 5) is 28.9. The molecule has 1 fully saturated rings. The lowest BCUT2D eigenvalue weighted by Crippen LogP contribution is -2.52. The maximum absolute atomic E-state index is 14.2. The number of anilines is 1. The number of carbonyl (C=O) groups excluding carboxylic acids is 2. The number of halogens is 3. The molecule has 8 nitrogen and oxygen atoms in total. The second-order valence-corrected chi connectivity index (χ2v) is 13.7. The predicted octanol–water partition coefficient (Wildman–Crippen LogP) is 6.64. The van der Waals surface area contributed by atoms with Crippen LogP contribution in [0.5, 0.6) is 5.75 Å². The Morgan fingerprint density at radius 1 is 0.977 bits per heavy atom. The molecule has 0 saturated heterocycles. The van der Waals surface area contributed by atoms with E-state index in [0.717, 1.165) is 35.6 Å². The predicted molar refractivity (Wildman–Crippen MR) is 171 cm³/mol. The van der Waals surface area contributed by atoms with Crippen LogP contribution in [-0.2, 0) is 26.2 Å². The lowest BCUT2D eigenvalue weighted by atomic mass is 10.1. The van der Waals surface area contributed by atoms with Gasteiger partial charge < -0.3 is 15.0 Å². The number of amides is 2. The lowest BCUT2D eigenvalue weighted by molar-refractivity contribution is -0.139. The molecular formula is C31H34Cl3N3O5S. The summed E-state index contributed by atoms with van der Waals surface area (Å²) >= 11 is 18.7. The van der Waals surface area contributed by atoms with Crippen molar-refractivity contribution in [2.75, 3.05) is 18.0 Å². The van der Waals surface area contributed by atoms with Gasteiger partial charge in [-0.05, 0) is 74.7 Å². The van der Waals surface area contributed by atoms with Crippen LogP contribution in [0.3, 0.4) is 0 Å². The van der Waals surface area contributed by atoms with E-state index in [9.17, 15) is 18.0 Å². The van der Waals surface area contributed by atoms with Crippen molar-refractivity contribution in [3.05, 3.63) is 86.9 Å². The van der Waals surface area contributed by atoms with Crippen LogP contribution in [0.25, 0.3) is 0 Å². The number of carbonyl (C=O) groups is 2. The third kappa shape index (κ3) is 7.95. The molecule has 1 atom stereocenters. The smallest absolute Gasteiger partial charge is 0.264 e. The summed E-state index contributed by atoms with van der Waals surface area (Å²) in [6.07, 6.45) is 3.80. The third-order valence-electron chi connectivity index (χ3n) is 7.50. The quantitative estimate of drug-likeness (QED) is 0.248. The topological polar surface area (TPSA) is 96.0 Å². The normalized spacial score (nSPS) is 14.3. The van der Waals surface area contributed by atoms with E-state index in [2.05, 4.69) is 5.32 Å². The van der Waals surface area contributed by atoms with Gasteiger partial charge in [-0.3, -0.25) is 13.9 Å². The Hall–Kier alpha value is -2.98. The first-order valence-electron chi connectivity index (χ1n) is 13.9. The number of hydrogen-bond donors (Lipinski definition) is 1. The molecule has 2 amide bonds. The Labute approximate surface area is 267 Å². The maximum Gasteiger partial charge on any atom is 0.264 e. The van der Waals surface area contributed by atoms with Crippen molar-refractivity contribution >= 4 is 62.3 Å². The number of rotatable bonds is 11. The van der Waals surface area contributed by atoms with Crippen LogP contribution in [-0.4, -0.2) is 50.9 Å². The Kier molecular flexibility index (Phi) is 10.9. The van der Waals surface area contributed by atoms with Crippen molar-refractivity contribution in [2.24, 2.45) is 0 Å². The molecule has 1 N–H and O–H groups in total. The Morgan fingerprint density at radius 3 is 2.28 bits per heavy atom. The standard InChI is InChI=1S/C31H34Cl3N3O5S/c1-20-8-12-25(13-9-20)43(40,41)37(28-17-23(32)11-15-29(28)42-3)19-30(38)36(18-22-10-14-26(33)27(34)16-22)21(2)31(39)35-24-6-4-5-7-24/h8-17,21,24H,4-7,18-19H2,1-3H3,(H,35,39). The van der Waals surface area contributed by atoms with E-state index in [1.165, 1.54) is 36.3 Å². The first-order valence-corrected chi connectivity index (χ1v) is 16.4. The highest BCUT2D eigenvalue weighted by atomic mass is 35.5. The molecular weight excluding hydrogens is 633 g/mol. The van der Waals surface area contributed by atoms with Crippen molar-refractivity contribution in [3.63, 3.8) is 0 Å². The van der Waals surface area contributed by atoms with E-state index in [1.807, 2.05) is 6.92 Å². The number of aryl methyl sites for hydroxylation is 1. The molecule has 3 aromatic rings. The van der Waals surface area contributed by atoms with Crippen LogP contribution >= 0.6 is 34.8 Å². The fraction of sp³-hybridized carbons (Fsp3) is 0.355. The number of sulfonamides is 1. The molecule has 0 aromatic heterocycles.